The van der Waals surface area contributed by atoms with Gasteiger partial charge in [0.25, 0.3) is 0 Å². The van der Waals surface area contributed by atoms with Crippen LogP contribution < -0.4 is 0 Å². The lowest BCUT2D eigenvalue weighted by Crippen LogP contribution is -2.32. The average Bonchev–Trinajstić information content (AvgIpc) is 2.51. The highest BCUT2D eigenvalue weighted by Gasteiger charge is 2.25. The molecule has 5 nitrogen and oxygen atoms in total. The van der Waals surface area contributed by atoms with Crippen LogP contribution in [0.1, 0.15) is 6.42 Å². The molecule has 1 unspecified atom stereocenters. The molecule has 1 atom stereocenters. The van der Waals surface area contributed by atoms with Crippen LogP contribution in [0.3, 0.4) is 0 Å². The van der Waals surface area contributed by atoms with Gasteiger partial charge in [0.2, 0.25) is 0 Å². The molecule has 1 N–H and O–H groups in total. The van der Waals surface area contributed by atoms with E-state index in [9.17, 15) is 9.90 Å². The number of likely N-dealkylation sites (N-methyl/N-ethyl adjacent to an activating group) is 1. The lowest BCUT2D eigenvalue weighted by molar-refractivity contribution is 0.0969. The fraction of sp³-hybridized carbons (Fsp3) is 0.889. The minimum atomic E-state index is -0.378. The minimum Gasteiger partial charge on any atom is -0.448 e. The normalized spacial score (nSPS) is 21.7. The molecule has 1 amide bonds. The molecule has 14 heavy (non-hydrogen) atoms. The SMILES string of the molecule is CN(C)CCOC(=O)N1CCC(O)C1. The Hall–Kier alpha value is -0.810. The fourth-order valence-corrected chi connectivity index (χ4v) is 1.31. The van der Waals surface area contributed by atoms with Gasteiger partial charge in [0.15, 0.2) is 0 Å². The minimum absolute atomic E-state index is 0.316. The third-order valence-corrected chi connectivity index (χ3v) is 2.19. The molecule has 1 aliphatic heterocycles. The van der Waals surface area contributed by atoms with Crippen molar-refractivity contribution in [2.75, 3.05) is 40.3 Å². The van der Waals surface area contributed by atoms with Gasteiger partial charge in [-0.05, 0) is 20.5 Å². The quantitative estimate of drug-likeness (QED) is 0.685. The van der Waals surface area contributed by atoms with E-state index in [1.165, 1.54) is 0 Å². The molecule has 0 bridgehead atoms. The van der Waals surface area contributed by atoms with Crippen LogP contribution >= 0.6 is 0 Å². The topological polar surface area (TPSA) is 53.0 Å². The molecule has 0 aromatic rings. The summed E-state index contributed by atoms with van der Waals surface area (Å²) in [5.41, 5.74) is 0. The van der Waals surface area contributed by atoms with Gasteiger partial charge in [-0.25, -0.2) is 4.79 Å². The third kappa shape index (κ3) is 3.51. The Morgan fingerprint density at radius 2 is 2.36 bits per heavy atom. The van der Waals surface area contributed by atoms with Crippen LogP contribution in [0.4, 0.5) is 4.79 Å². The molecule has 0 aromatic heterocycles. The molecular weight excluding hydrogens is 184 g/mol. The Labute approximate surface area is 84.2 Å². The van der Waals surface area contributed by atoms with E-state index in [-0.39, 0.29) is 12.2 Å². The Morgan fingerprint density at radius 3 is 2.86 bits per heavy atom. The molecule has 5 heteroatoms. The number of amides is 1. The lowest BCUT2D eigenvalue weighted by Gasteiger charge is -2.16. The third-order valence-electron chi connectivity index (χ3n) is 2.19. The predicted molar refractivity (Wildman–Crippen MR) is 52.1 cm³/mol. The molecule has 0 aromatic carbocycles. The first-order valence-corrected chi connectivity index (χ1v) is 4.84. The molecule has 1 saturated heterocycles. The Morgan fingerprint density at radius 1 is 1.64 bits per heavy atom. The van der Waals surface area contributed by atoms with Crippen LogP contribution in [-0.2, 0) is 4.74 Å². The number of rotatable bonds is 3. The van der Waals surface area contributed by atoms with E-state index in [1.807, 2.05) is 19.0 Å². The molecule has 1 fully saturated rings. The molecular formula is C9H18N2O3. The van der Waals surface area contributed by atoms with Gasteiger partial charge in [-0.2, -0.15) is 0 Å². The second-order valence-corrected chi connectivity index (χ2v) is 3.81. The van der Waals surface area contributed by atoms with Crippen molar-refractivity contribution < 1.29 is 14.6 Å². The average molecular weight is 202 g/mol. The highest BCUT2D eigenvalue weighted by Crippen LogP contribution is 2.09. The summed E-state index contributed by atoms with van der Waals surface area (Å²) >= 11 is 0. The van der Waals surface area contributed by atoms with Crippen LogP contribution in [0, 0.1) is 0 Å². The number of β-amino-alcohol motifs (C(OH)–C–C–N with tert-alkyl or cyclic N) is 1. The number of likely N-dealkylation sites (tertiary alicyclic amines) is 1. The van der Waals surface area contributed by atoms with Crippen LogP contribution in [0.15, 0.2) is 0 Å². The maximum atomic E-state index is 11.3. The number of aliphatic hydroxyl groups is 1. The van der Waals surface area contributed by atoms with Crippen molar-refractivity contribution in [1.29, 1.82) is 0 Å². The lowest BCUT2D eigenvalue weighted by atomic mass is 10.3. The fourth-order valence-electron chi connectivity index (χ4n) is 1.31. The number of nitrogens with zero attached hydrogens (tertiary/aromatic N) is 2. The zero-order valence-corrected chi connectivity index (χ0v) is 8.77. The summed E-state index contributed by atoms with van der Waals surface area (Å²) in [6, 6.07) is 0. The molecule has 0 saturated carbocycles. The zero-order chi connectivity index (χ0) is 10.6. The van der Waals surface area contributed by atoms with Crippen LogP contribution in [0.2, 0.25) is 0 Å². The Bertz CT molecular complexity index is 196. The highest BCUT2D eigenvalue weighted by molar-refractivity contribution is 5.68. The van der Waals surface area contributed by atoms with E-state index in [1.54, 1.807) is 4.90 Å². The summed E-state index contributed by atoms with van der Waals surface area (Å²) in [7, 11) is 3.85. The van der Waals surface area contributed by atoms with Gasteiger partial charge in [0.05, 0.1) is 6.10 Å². The summed E-state index contributed by atoms with van der Waals surface area (Å²) in [4.78, 5) is 14.8. The molecule has 1 heterocycles. The standard InChI is InChI=1S/C9H18N2O3/c1-10(2)5-6-14-9(13)11-4-3-8(12)7-11/h8,12H,3-7H2,1-2H3. The van der Waals surface area contributed by atoms with Crippen LogP contribution in [-0.4, -0.2) is 67.4 Å². The van der Waals surface area contributed by atoms with Gasteiger partial charge in [-0.1, -0.05) is 0 Å². The smallest absolute Gasteiger partial charge is 0.409 e. The van der Waals surface area contributed by atoms with E-state index in [0.29, 0.717) is 26.1 Å². The number of carbonyl (C=O) groups excluding carboxylic acids is 1. The van der Waals surface area contributed by atoms with E-state index < -0.39 is 0 Å². The largest absolute Gasteiger partial charge is 0.448 e. The first kappa shape index (κ1) is 11.3. The number of aliphatic hydroxyl groups excluding tert-OH is 1. The number of carbonyl (C=O) groups is 1. The summed E-state index contributed by atoms with van der Waals surface area (Å²) < 4.78 is 5.02. The highest BCUT2D eigenvalue weighted by atomic mass is 16.6. The number of hydrogen-bond acceptors (Lipinski definition) is 4. The Kier molecular flexibility index (Phi) is 4.16. The van der Waals surface area contributed by atoms with Crippen molar-refractivity contribution in [1.82, 2.24) is 9.80 Å². The van der Waals surface area contributed by atoms with E-state index in [0.717, 1.165) is 6.54 Å². The zero-order valence-electron chi connectivity index (χ0n) is 8.77. The van der Waals surface area contributed by atoms with Crippen molar-refractivity contribution in [3.63, 3.8) is 0 Å². The van der Waals surface area contributed by atoms with Gasteiger partial charge in [0, 0.05) is 19.6 Å². The van der Waals surface area contributed by atoms with Gasteiger partial charge in [0.1, 0.15) is 6.61 Å². The van der Waals surface area contributed by atoms with E-state index in [2.05, 4.69) is 0 Å². The van der Waals surface area contributed by atoms with E-state index in [4.69, 9.17) is 4.74 Å². The summed E-state index contributed by atoms with van der Waals surface area (Å²) in [6.45, 7) is 2.13. The Balaban J connectivity index is 2.15. The van der Waals surface area contributed by atoms with Gasteiger partial charge in [-0.3, -0.25) is 0 Å². The molecule has 1 rings (SSSR count). The van der Waals surface area contributed by atoms with Crippen molar-refractivity contribution >= 4 is 6.09 Å². The van der Waals surface area contributed by atoms with Gasteiger partial charge < -0.3 is 19.6 Å². The summed E-state index contributed by atoms with van der Waals surface area (Å²) in [6.07, 6.45) is -0.0391. The summed E-state index contributed by atoms with van der Waals surface area (Å²) in [5.74, 6) is 0. The van der Waals surface area contributed by atoms with Crippen LogP contribution in [0.5, 0.6) is 0 Å². The molecule has 82 valence electrons. The second kappa shape index (κ2) is 5.17. The molecule has 1 aliphatic rings. The van der Waals surface area contributed by atoms with Crippen LogP contribution in [0.25, 0.3) is 0 Å². The number of ether oxygens (including phenoxy) is 1. The van der Waals surface area contributed by atoms with Crippen molar-refractivity contribution in [3.05, 3.63) is 0 Å². The van der Waals surface area contributed by atoms with E-state index >= 15 is 0 Å². The monoisotopic (exact) mass is 202 g/mol. The number of hydrogen-bond donors (Lipinski definition) is 1. The van der Waals surface area contributed by atoms with Crippen molar-refractivity contribution in [2.45, 2.75) is 12.5 Å². The van der Waals surface area contributed by atoms with Crippen molar-refractivity contribution in [3.8, 4) is 0 Å². The maximum absolute atomic E-state index is 11.3. The van der Waals surface area contributed by atoms with Gasteiger partial charge in [-0.15, -0.1) is 0 Å². The first-order chi connectivity index (χ1) is 6.59. The first-order valence-electron chi connectivity index (χ1n) is 4.84. The molecule has 0 aliphatic carbocycles. The molecule has 0 spiro atoms. The predicted octanol–water partition coefficient (Wildman–Crippen LogP) is -0.249. The second-order valence-electron chi connectivity index (χ2n) is 3.81. The summed E-state index contributed by atoms with van der Waals surface area (Å²) in [5, 5.41) is 9.20. The maximum Gasteiger partial charge on any atom is 0.409 e. The van der Waals surface area contributed by atoms with Crippen molar-refractivity contribution in [2.24, 2.45) is 0 Å². The van der Waals surface area contributed by atoms with Gasteiger partial charge >= 0.3 is 6.09 Å². The molecule has 0 radical (unpaired) electrons.